The lowest BCUT2D eigenvalue weighted by atomic mass is 10.0. The first kappa shape index (κ1) is 13.1. The third-order valence-corrected chi connectivity index (χ3v) is 3.25. The van der Waals surface area contributed by atoms with Gasteiger partial charge in [0.2, 0.25) is 0 Å². The van der Waals surface area contributed by atoms with Crippen LogP contribution in [0.15, 0.2) is 70.4 Å². The lowest BCUT2D eigenvalue weighted by Gasteiger charge is -2.06. The van der Waals surface area contributed by atoms with E-state index in [1.807, 2.05) is 49.4 Å². The Hall–Kier alpha value is -2.88. The monoisotopic (exact) mass is 278 g/mol. The first-order valence-electron chi connectivity index (χ1n) is 6.62. The van der Waals surface area contributed by atoms with Crippen LogP contribution in [0.5, 0.6) is 0 Å². The van der Waals surface area contributed by atoms with Crippen LogP contribution in [-0.2, 0) is 0 Å². The largest absolute Gasteiger partial charge is 0.459 e. The minimum absolute atomic E-state index is 0.240. The zero-order valence-electron chi connectivity index (χ0n) is 11.5. The standard InChI is InChI=1S/C17H14N2O2/c1-12(18-19-17(20)16-10-5-11-21-16)14-9-4-7-13-6-2-3-8-15(13)14/h2-11H,1H3,(H,19,20)/b18-12-. The summed E-state index contributed by atoms with van der Waals surface area (Å²) in [6.45, 7) is 1.87. The van der Waals surface area contributed by atoms with Gasteiger partial charge in [-0.05, 0) is 29.8 Å². The summed E-state index contributed by atoms with van der Waals surface area (Å²) in [6, 6.07) is 17.3. The summed E-state index contributed by atoms with van der Waals surface area (Å²) in [5, 5.41) is 6.40. The Balaban J connectivity index is 1.88. The Morgan fingerprint density at radius 1 is 1.05 bits per heavy atom. The van der Waals surface area contributed by atoms with Crippen LogP contribution in [0.3, 0.4) is 0 Å². The van der Waals surface area contributed by atoms with Crippen LogP contribution in [0.2, 0.25) is 0 Å². The highest BCUT2D eigenvalue weighted by molar-refractivity contribution is 6.10. The molecule has 0 unspecified atom stereocenters. The number of hydrazone groups is 1. The second-order valence-electron chi connectivity index (χ2n) is 4.64. The van der Waals surface area contributed by atoms with Gasteiger partial charge in [0.25, 0.3) is 0 Å². The Kier molecular flexibility index (Phi) is 3.51. The lowest BCUT2D eigenvalue weighted by Crippen LogP contribution is -2.18. The number of hydrogen-bond acceptors (Lipinski definition) is 3. The zero-order valence-corrected chi connectivity index (χ0v) is 11.5. The number of fused-ring (bicyclic) bond motifs is 1. The molecule has 0 aliphatic heterocycles. The van der Waals surface area contributed by atoms with Gasteiger partial charge in [-0.25, -0.2) is 5.43 Å². The van der Waals surface area contributed by atoms with Gasteiger partial charge >= 0.3 is 5.91 Å². The quantitative estimate of drug-likeness (QED) is 0.588. The van der Waals surface area contributed by atoms with Gasteiger partial charge < -0.3 is 4.42 Å². The Labute approximate surface area is 122 Å². The number of rotatable bonds is 3. The third-order valence-electron chi connectivity index (χ3n) is 3.25. The number of nitrogens with one attached hydrogen (secondary N) is 1. The number of benzene rings is 2. The van der Waals surface area contributed by atoms with E-state index in [0.29, 0.717) is 0 Å². The number of carbonyl (C=O) groups is 1. The third kappa shape index (κ3) is 2.69. The molecule has 104 valence electrons. The van der Waals surface area contributed by atoms with Crippen LogP contribution in [0, 0.1) is 0 Å². The highest BCUT2D eigenvalue weighted by Gasteiger charge is 2.08. The topological polar surface area (TPSA) is 54.6 Å². The molecule has 21 heavy (non-hydrogen) atoms. The minimum atomic E-state index is -0.361. The van der Waals surface area contributed by atoms with E-state index < -0.39 is 0 Å². The number of furan rings is 1. The van der Waals surface area contributed by atoms with E-state index in [0.717, 1.165) is 22.0 Å². The molecule has 0 fully saturated rings. The van der Waals surface area contributed by atoms with E-state index in [4.69, 9.17) is 4.42 Å². The highest BCUT2D eigenvalue weighted by atomic mass is 16.3. The van der Waals surface area contributed by atoms with Gasteiger partial charge in [-0.3, -0.25) is 4.79 Å². The maximum Gasteiger partial charge on any atom is 0.307 e. The maximum absolute atomic E-state index is 11.8. The molecule has 1 aromatic heterocycles. The van der Waals surface area contributed by atoms with Gasteiger partial charge in [0.15, 0.2) is 5.76 Å². The number of hydrogen-bond donors (Lipinski definition) is 1. The van der Waals surface area contributed by atoms with Crippen molar-refractivity contribution < 1.29 is 9.21 Å². The molecule has 1 N–H and O–H groups in total. The average Bonchev–Trinajstić information content (AvgIpc) is 3.06. The molecule has 0 radical (unpaired) electrons. The molecule has 4 heteroatoms. The van der Waals surface area contributed by atoms with Crippen LogP contribution in [0.25, 0.3) is 10.8 Å². The number of amides is 1. The molecule has 0 aliphatic carbocycles. The molecule has 1 amide bonds. The molecule has 2 aromatic carbocycles. The molecule has 0 atom stereocenters. The van der Waals surface area contributed by atoms with Gasteiger partial charge in [0.1, 0.15) is 0 Å². The molecule has 0 saturated heterocycles. The SMILES string of the molecule is C/C(=N/NC(=O)c1ccco1)c1cccc2ccccc12. The Morgan fingerprint density at radius 2 is 1.86 bits per heavy atom. The van der Waals surface area contributed by atoms with E-state index in [-0.39, 0.29) is 11.7 Å². The van der Waals surface area contributed by atoms with Crippen molar-refractivity contribution in [2.75, 3.05) is 0 Å². The van der Waals surface area contributed by atoms with Crippen molar-refractivity contribution in [3.05, 3.63) is 72.2 Å². The Morgan fingerprint density at radius 3 is 2.67 bits per heavy atom. The van der Waals surface area contributed by atoms with Crippen LogP contribution in [0.4, 0.5) is 0 Å². The van der Waals surface area contributed by atoms with E-state index in [1.165, 1.54) is 6.26 Å². The van der Waals surface area contributed by atoms with Crippen molar-refractivity contribution in [2.24, 2.45) is 5.10 Å². The van der Waals surface area contributed by atoms with Crippen molar-refractivity contribution >= 4 is 22.4 Å². The van der Waals surface area contributed by atoms with Gasteiger partial charge in [-0.2, -0.15) is 5.10 Å². The second-order valence-corrected chi connectivity index (χ2v) is 4.64. The molecule has 3 aromatic rings. The summed E-state index contributed by atoms with van der Waals surface area (Å²) in [5.74, 6) is -0.121. The van der Waals surface area contributed by atoms with Crippen molar-refractivity contribution in [3.63, 3.8) is 0 Å². The van der Waals surface area contributed by atoms with Crippen LogP contribution in [0.1, 0.15) is 23.0 Å². The van der Waals surface area contributed by atoms with Crippen LogP contribution < -0.4 is 5.43 Å². The summed E-state index contributed by atoms with van der Waals surface area (Å²) < 4.78 is 5.02. The van der Waals surface area contributed by atoms with Crippen LogP contribution >= 0.6 is 0 Å². The van der Waals surface area contributed by atoms with Crippen LogP contribution in [-0.4, -0.2) is 11.6 Å². The van der Waals surface area contributed by atoms with E-state index >= 15 is 0 Å². The maximum atomic E-state index is 11.8. The molecule has 1 heterocycles. The van der Waals surface area contributed by atoms with E-state index in [2.05, 4.69) is 10.5 Å². The molecule has 0 saturated carbocycles. The van der Waals surface area contributed by atoms with Crippen molar-refractivity contribution in [3.8, 4) is 0 Å². The normalized spacial score (nSPS) is 11.6. The van der Waals surface area contributed by atoms with Crippen molar-refractivity contribution in [1.29, 1.82) is 0 Å². The first-order valence-corrected chi connectivity index (χ1v) is 6.62. The minimum Gasteiger partial charge on any atom is -0.459 e. The molecule has 4 nitrogen and oxygen atoms in total. The molecule has 3 rings (SSSR count). The van der Waals surface area contributed by atoms with E-state index in [9.17, 15) is 4.79 Å². The fourth-order valence-corrected chi connectivity index (χ4v) is 2.20. The van der Waals surface area contributed by atoms with Gasteiger partial charge in [0, 0.05) is 5.56 Å². The summed E-state index contributed by atoms with van der Waals surface area (Å²) in [7, 11) is 0. The highest BCUT2D eigenvalue weighted by Crippen LogP contribution is 2.19. The molecule has 0 bridgehead atoms. The van der Waals surface area contributed by atoms with Gasteiger partial charge in [-0.1, -0.05) is 42.5 Å². The summed E-state index contributed by atoms with van der Waals surface area (Å²) in [5.41, 5.74) is 4.24. The first-order chi connectivity index (χ1) is 10.3. The summed E-state index contributed by atoms with van der Waals surface area (Å²) >= 11 is 0. The lowest BCUT2D eigenvalue weighted by molar-refractivity contribution is 0.0927. The van der Waals surface area contributed by atoms with E-state index in [1.54, 1.807) is 12.1 Å². The predicted molar refractivity (Wildman–Crippen MR) is 82.3 cm³/mol. The molecule has 0 spiro atoms. The molecular weight excluding hydrogens is 264 g/mol. The van der Waals surface area contributed by atoms with Gasteiger partial charge in [0.05, 0.1) is 12.0 Å². The zero-order chi connectivity index (χ0) is 14.7. The Bertz CT molecular complexity index is 799. The number of carbonyl (C=O) groups excluding carboxylic acids is 1. The van der Waals surface area contributed by atoms with Crippen molar-refractivity contribution in [1.82, 2.24) is 5.43 Å². The van der Waals surface area contributed by atoms with Gasteiger partial charge in [-0.15, -0.1) is 0 Å². The number of nitrogens with zero attached hydrogens (tertiary/aromatic N) is 1. The van der Waals surface area contributed by atoms with Crippen molar-refractivity contribution in [2.45, 2.75) is 6.92 Å². The summed E-state index contributed by atoms with van der Waals surface area (Å²) in [6.07, 6.45) is 1.45. The smallest absolute Gasteiger partial charge is 0.307 e. The average molecular weight is 278 g/mol. The predicted octanol–water partition coefficient (Wildman–Crippen LogP) is 3.59. The second kappa shape index (κ2) is 5.63. The fraction of sp³-hybridized carbons (Fsp3) is 0.0588. The molecule has 0 aliphatic rings. The summed E-state index contributed by atoms with van der Waals surface area (Å²) in [4.78, 5) is 11.8. The fourth-order valence-electron chi connectivity index (χ4n) is 2.20. The molecular formula is C17H14N2O2.